The highest BCUT2D eigenvalue weighted by Gasteiger charge is 2.27. The molecule has 5 nitrogen and oxygen atoms in total. The first-order chi connectivity index (χ1) is 13.6. The lowest BCUT2D eigenvalue weighted by atomic mass is 10.1. The number of aromatic nitrogens is 1. The Morgan fingerprint density at radius 3 is 2.75 bits per heavy atom. The molecule has 0 radical (unpaired) electrons. The fraction of sp³-hybridized carbons (Fsp3) is 0.0952. The third-order valence-corrected chi connectivity index (χ3v) is 5.23. The van der Waals surface area contributed by atoms with Crippen LogP contribution in [0.25, 0.3) is 17.0 Å². The standard InChI is InChI=1S/C21H16FN3O2S/c22-16-4-6-17(7-5-16)25(10-11-26)21-24-20(27)19(28-21)13-14-3-8-18-15(12-14)2-1-9-23-18/h1-9,12-13,26H,10-11H2/b19-13-. The second kappa shape index (κ2) is 7.92. The summed E-state index contributed by atoms with van der Waals surface area (Å²) in [5.74, 6) is -0.687. The molecule has 0 bridgehead atoms. The molecule has 0 unspecified atom stereocenters. The van der Waals surface area contributed by atoms with Gasteiger partial charge in [0.05, 0.1) is 17.0 Å². The Kier molecular flexibility index (Phi) is 5.18. The van der Waals surface area contributed by atoms with E-state index in [4.69, 9.17) is 0 Å². The van der Waals surface area contributed by atoms with E-state index >= 15 is 0 Å². The van der Waals surface area contributed by atoms with Crippen LogP contribution in [-0.2, 0) is 4.79 Å². The summed E-state index contributed by atoms with van der Waals surface area (Å²) in [6.07, 6.45) is 3.53. The maximum Gasteiger partial charge on any atom is 0.286 e. The second-order valence-electron chi connectivity index (χ2n) is 6.12. The van der Waals surface area contributed by atoms with Gasteiger partial charge in [-0.2, -0.15) is 4.99 Å². The molecule has 1 aliphatic heterocycles. The van der Waals surface area contributed by atoms with Gasteiger partial charge in [-0.05, 0) is 65.9 Å². The van der Waals surface area contributed by atoms with Crippen molar-refractivity contribution in [3.05, 3.63) is 77.1 Å². The van der Waals surface area contributed by atoms with E-state index in [9.17, 15) is 14.3 Å². The van der Waals surface area contributed by atoms with Crippen LogP contribution in [0.4, 0.5) is 10.1 Å². The van der Waals surface area contributed by atoms with E-state index in [1.54, 1.807) is 29.3 Å². The molecule has 4 rings (SSSR count). The first kappa shape index (κ1) is 18.3. The summed E-state index contributed by atoms with van der Waals surface area (Å²) in [4.78, 5) is 23.0. The second-order valence-corrected chi connectivity index (χ2v) is 7.13. The monoisotopic (exact) mass is 393 g/mol. The Morgan fingerprint density at radius 2 is 1.96 bits per heavy atom. The molecule has 3 aromatic rings. The average Bonchev–Trinajstić information content (AvgIpc) is 3.07. The van der Waals surface area contributed by atoms with Gasteiger partial charge >= 0.3 is 0 Å². The van der Waals surface area contributed by atoms with Crippen LogP contribution >= 0.6 is 11.8 Å². The number of aliphatic hydroxyl groups is 1. The molecule has 1 aliphatic rings. The molecule has 140 valence electrons. The minimum atomic E-state index is -0.351. The molecule has 1 N–H and O–H groups in total. The molecule has 0 saturated carbocycles. The van der Waals surface area contributed by atoms with Crippen LogP contribution in [0.15, 0.2) is 70.7 Å². The highest BCUT2D eigenvalue weighted by atomic mass is 32.2. The van der Waals surface area contributed by atoms with Crippen molar-refractivity contribution in [1.82, 2.24) is 4.98 Å². The highest BCUT2D eigenvalue weighted by molar-refractivity contribution is 8.18. The van der Waals surface area contributed by atoms with Gasteiger partial charge in [0.1, 0.15) is 5.82 Å². The van der Waals surface area contributed by atoms with E-state index in [-0.39, 0.29) is 24.9 Å². The Bertz CT molecular complexity index is 1100. The summed E-state index contributed by atoms with van der Waals surface area (Å²) in [5.41, 5.74) is 2.42. The number of carbonyl (C=O) groups is 1. The lowest BCUT2D eigenvalue weighted by molar-refractivity contribution is -0.113. The van der Waals surface area contributed by atoms with Crippen molar-refractivity contribution < 1.29 is 14.3 Å². The quantitative estimate of drug-likeness (QED) is 0.682. The molecule has 7 heteroatoms. The van der Waals surface area contributed by atoms with Gasteiger partial charge < -0.3 is 10.0 Å². The van der Waals surface area contributed by atoms with Crippen LogP contribution in [-0.4, -0.2) is 34.3 Å². The number of aliphatic imine (C=N–C) groups is 1. The molecule has 2 heterocycles. The largest absolute Gasteiger partial charge is 0.395 e. The number of pyridine rings is 1. The number of carbonyl (C=O) groups excluding carboxylic acids is 1. The third kappa shape index (κ3) is 3.81. The van der Waals surface area contributed by atoms with Crippen LogP contribution in [0.5, 0.6) is 0 Å². The molecule has 1 amide bonds. The number of hydrogen-bond acceptors (Lipinski definition) is 5. The van der Waals surface area contributed by atoms with E-state index < -0.39 is 0 Å². The predicted octanol–water partition coefficient (Wildman–Crippen LogP) is 3.84. The smallest absolute Gasteiger partial charge is 0.286 e. The van der Waals surface area contributed by atoms with Crippen molar-refractivity contribution in [3.8, 4) is 0 Å². The van der Waals surface area contributed by atoms with Gasteiger partial charge in [0.15, 0.2) is 5.17 Å². The number of nitrogens with zero attached hydrogens (tertiary/aromatic N) is 3. The molecule has 0 aliphatic carbocycles. The molecule has 1 aromatic heterocycles. The van der Waals surface area contributed by atoms with Gasteiger partial charge in [-0.15, -0.1) is 0 Å². The van der Waals surface area contributed by atoms with Crippen molar-refractivity contribution in [1.29, 1.82) is 0 Å². The van der Waals surface area contributed by atoms with Gasteiger partial charge in [-0.1, -0.05) is 12.1 Å². The fourth-order valence-corrected chi connectivity index (χ4v) is 3.87. The van der Waals surface area contributed by atoms with Gasteiger partial charge in [0, 0.05) is 23.8 Å². The number of anilines is 1. The summed E-state index contributed by atoms with van der Waals surface area (Å²) in [5, 5.41) is 10.8. The maximum atomic E-state index is 13.2. The first-order valence-electron chi connectivity index (χ1n) is 8.65. The first-order valence-corrected chi connectivity index (χ1v) is 9.47. The Hall–Kier alpha value is -3.03. The zero-order chi connectivity index (χ0) is 19.5. The Labute approximate surface area is 165 Å². The van der Waals surface area contributed by atoms with Crippen molar-refractivity contribution in [2.24, 2.45) is 4.99 Å². The number of halogens is 1. The number of amidine groups is 1. The van der Waals surface area contributed by atoms with Crippen LogP contribution in [0.1, 0.15) is 5.56 Å². The number of rotatable bonds is 4. The highest BCUT2D eigenvalue weighted by Crippen LogP contribution is 2.32. The molecule has 2 aromatic carbocycles. The van der Waals surface area contributed by atoms with Crippen LogP contribution in [0.2, 0.25) is 0 Å². The van der Waals surface area contributed by atoms with Gasteiger partial charge in [-0.25, -0.2) is 4.39 Å². The van der Waals surface area contributed by atoms with E-state index in [2.05, 4.69) is 9.98 Å². The minimum absolute atomic E-state index is 0.123. The zero-order valence-corrected chi connectivity index (χ0v) is 15.6. The van der Waals surface area contributed by atoms with Gasteiger partial charge in [0.2, 0.25) is 0 Å². The van der Waals surface area contributed by atoms with Crippen LogP contribution in [0.3, 0.4) is 0 Å². The number of thioether (sulfide) groups is 1. The lowest BCUT2D eigenvalue weighted by Crippen LogP contribution is -2.30. The summed E-state index contributed by atoms with van der Waals surface area (Å²) < 4.78 is 13.2. The molecular weight excluding hydrogens is 377 g/mol. The van der Waals surface area contributed by atoms with E-state index in [1.807, 2.05) is 30.3 Å². The van der Waals surface area contributed by atoms with Crippen LogP contribution in [0, 0.1) is 5.82 Å². The zero-order valence-electron chi connectivity index (χ0n) is 14.7. The SMILES string of the molecule is O=C1N=C(N(CCO)c2ccc(F)cc2)S/C1=C\c1ccc2ncccc2c1. The Morgan fingerprint density at radius 1 is 1.14 bits per heavy atom. The summed E-state index contributed by atoms with van der Waals surface area (Å²) in [6.45, 7) is 0.127. The molecular formula is C21H16FN3O2S. The lowest BCUT2D eigenvalue weighted by Gasteiger charge is -2.22. The summed E-state index contributed by atoms with van der Waals surface area (Å²) in [6, 6.07) is 15.5. The van der Waals surface area contributed by atoms with E-state index in [0.717, 1.165) is 16.5 Å². The number of benzene rings is 2. The number of hydrogen-bond donors (Lipinski definition) is 1. The van der Waals surface area contributed by atoms with Crippen molar-refractivity contribution in [2.45, 2.75) is 0 Å². The average molecular weight is 393 g/mol. The van der Waals surface area contributed by atoms with Gasteiger partial charge in [-0.3, -0.25) is 9.78 Å². The van der Waals surface area contributed by atoms with Crippen LogP contribution < -0.4 is 4.90 Å². The molecule has 0 atom stereocenters. The summed E-state index contributed by atoms with van der Waals surface area (Å²) in [7, 11) is 0. The van der Waals surface area contributed by atoms with Crippen molar-refractivity contribution >= 4 is 45.5 Å². The molecule has 0 fully saturated rings. The van der Waals surface area contributed by atoms with Crippen molar-refractivity contribution in [2.75, 3.05) is 18.1 Å². The van der Waals surface area contributed by atoms with Gasteiger partial charge in [0.25, 0.3) is 5.91 Å². The molecule has 0 saturated heterocycles. The molecule has 28 heavy (non-hydrogen) atoms. The number of fused-ring (bicyclic) bond motifs is 1. The maximum absolute atomic E-state index is 13.2. The topological polar surface area (TPSA) is 65.8 Å². The molecule has 0 spiro atoms. The number of aliphatic hydroxyl groups excluding tert-OH is 1. The van der Waals surface area contributed by atoms with Crippen molar-refractivity contribution in [3.63, 3.8) is 0 Å². The fourth-order valence-electron chi connectivity index (χ4n) is 2.90. The minimum Gasteiger partial charge on any atom is -0.395 e. The Balaban J connectivity index is 1.61. The number of amides is 1. The predicted molar refractivity (Wildman–Crippen MR) is 111 cm³/mol. The third-order valence-electron chi connectivity index (χ3n) is 4.23. The van der Waals surface area contributed by atoms with E-state index in [0.29, 0.717) is 15.8 Å². The van der Waals surface area contributed by atoms with E-state index in [1.165, 1.54) is 23.9 Å². The summed E-state index contributed by atoms with van der Waals surface area (Å²) >= 11 is 1.23. The normalized spacial score (nSPS) is 15.3.